The first-order valence-corrected chi connectivity index (χ1v) is 8.49. The second kappa shape index (κ2) is 6.94. The molecule has 1 aromatic rings. The molecule has 4 nitrogen and oxygen atoms in total. The molecule has 1 saturated carbocycles. The molecule has 5 heteroatoms. The number of hydrogen-bond acceptors (Lipinski definition) is 4. The number of halogens is 1. The van der Waals surface area contributed by atoms with Gasteiger partial charge >= 0.3 is 5.97 Å². The molecular weight excluding hydrogens is 326 g/mol. The molecule has 2 atom stereocenters. The van der Waals surface area contributed by atoms with Crippen molar-refractivity contribution in [2.45, 2.75) is 57.5 Å². The highest BCUT2D eigenvalue weighted by Crippen LogP contribution is 2.42. The third kappa shape index (κ3) is 3.79. The van der Waals surface area contributed by atoms with Gasteiger partial charge < -0.3 is 4.74 Å². The lowest BCUT2D eigenvalue weighted by atomic mass is 9.65. The summed E-state index contributed by atoms with van der Waals surface area (Å²) in [6.07, 6.45) is 2.05. The number of carbonyl (C=O) groups excluding carboxylic acids is 2. The second-order valence-corrected chi connectivity index (χ2v) is 7.70. The van der Waals surface area contributed by atoms with Crippen LogP contribution in [0.5, 0.6) is 0 Å². The molecule has 0 aliphatic heterocycles. The van der Waals surface area contributed by atoms with Gasteiger partial charge in [0.1, 0.15) is 11.4 Å². The van der Waals surface area contributed by atoms with Crippen LogP contribution in [0.15, 0.2) is 24.3 Å². The predicted molar refractivity (Wildman–Crippen MR) is 91.6 cm³/mol. The summed E-state index contributed by atoms with van der Waals surface area (Å²) < 4.78 is 5.56. The van der Waals surface area contributed by atoms with Gasteiger partial charge in [0.05, 0.1) is 6.07 Å². The first-order valence-electron chi connectivity index (χ1n) is 8.11. The molecule has 0 N–H and O–H groups in total. The van der Waals surface area contributed by atoms with Gasteiger partial charge in [-0.05, 0) is 57.2 Å². The fourth-order valence-electron chi connectivity index (χ4n) is 3.19. The number of rotatable bonds is 3. The number of ketones is 1. The van der Waals surface area contributed by atoms with Crippen LogP contribution in [-0.4, -0.2) is 17.4 Å². The number of Topliss-reactive ketones (excluding diaryl/α,β-unsaturated/α-hetero) is 1. The lowest BCUT2D eigenvalue weighted by Crippen LogP contribution is -2.47. The van der Waals surface area contributed by atoms with Crippen molar-refractivity contribution in [2.75, 3.05) is 0 Å². The van der Waals surface area contributed by atoms with E-state index in [0.29, 0.717) is 29.8 Å². The Bertz CT molecular complexity index is 669. The summed E-state index contributed by atoms with van der Waals surface area (Å²) in [5.74, 6) is -0.900. The zero-order valence-corrected chi connectivity index (χ0v) is 15.0. The molecule has 0 aromatic heterocycles. The second-order valence-electron chi connectivity index (χ2n) is 7.26. The van der Waals surface area contributed by atoms with Gasteiger partial charge in [0.25, 0.3) is 0 Å². The van der Waals surface area contributed by atoms with E-state index < -0.39 is 17.0 Å². The minimum atomic E-state index is -1.49. The predicted octanol–water partition coefficient (Wildman–Crippen LogP) is 4.20. The van der Waals surface area contributed by atoms with Crippen LogP contribution in [0.2, 0.25) is 5.02 Å². The van der Waals surface area contributed by atoms with E-state index in [-0.39, 0.29) is 18.1 Å². The lowest BCUT2D eigenvalue weighted by molar-refractivity contribution is -0.162. The molecule has 1 aliphatic rings. The van der Waals surface area contributed by atoms with Crippen molar-refractivity contribution in [3.8, 4) is 6.07 Å². The van der Waals surface area contributed by atoms with Crippen LogP contribution in [0.1, 0.15) is 52.0 Å². The molecule has 0 bridgehead atoms. The van der Waals surface area contributed by atoms with E-state index in [0.717, 1.165) is 0 Å². The Morgan fingerprint density at radius 1 is 1.29 bits per heavy atom. The van der Waals surface area contributed by atoms with Crippen LogP contribution in [-0.2, 0) is 19.7 Å². The highest BCUT2D eigenvalue weighted by molar-refractivity contribution is 6.30. The van der Waals surface area contributed by atoms with Crippen molar-refractivity contribution in [1.29, 1.82) is 5.26 Å². The molecular formula is C19H22ClNO3. The van der Waals surface area contributed by atoms with Gasteiger partial charge in [-0.1, -0.05) is 23.7 Å². The third-order valence-electron chi connectivity index (χ3n) is 4.29. The van der Waals surface area contributed by atoms with Crippen LogP contribution < -0.4 is 0 Å². The SMILES string of the molecule is CC(C)(C)OC(=O)C(C#N)(c1ccc(Cl)cc1)C1CCCC(=O)C1. The van der Waals surface area contributed by atoms with Gasteiger partial charge in [-0.25, -0.2) is 4.79 Å². The normalized spacial score (nSPS) is 20.8. The summed E-state index contributed by atoms with van der Waals surface area (Å²) in [6.45, 7) is 5.29. The number of nitrogens with zero attached hydrogens (tertiary/aromatic N) is 1. The number of carbonyl (C=O) groups is 2. The van der Waals surface area contributed by atoms with Crippen LogP contribution in [0.4, 0.5) is 0 Å². The summed E-state index contributed by atoms with van der Waals surface area (Å²) in [6, 6.07) is 8.85. The molecule has 0 amide bonds. The molecule has 128 valence electrons. The number of ether oxygens (including phenoxy) is 1. The zero-order valence-electron chi connectivity index (χ0n) is 14.3. The van der Waals surface area contributed by atoms with Crippen LogP contribution in [0.3, 0.4) is 0 Å². The average molecular weight is 348 g/mol. The molecule has 0 heterocycles. The highest BCUT2D eigenvalue weighted by atomic mass is 35.5. The maximum absolute atomic E-state index is 13.0. The third-order valence-corrected chi connectivity index (χ3v) is 4.54. The van der Waals surface area contributed by atoms with Crippen molar-refractivity contribution in [3.05, 3.63) is 34.9 Å². The largest absolute Gasteiger partial charge is 0.459 e. The smallest absolute Gasteiger partial charge is 0.331 e. The fourth-order valence-corrected chi connectivity index (χ4v) is 3.31. The Kier molecular flexibility index (Phi) is 5.35. The molecule has 2 unspecified atom stereocenters. The van der Waals surface area contributed by atoms with Gasteiger partial charge in [-0.2, -0.15) is 5.26 Å². The Labute approximate surface area is 147 Å². The summed E-state index contributed by atoms with van der Waals surface area (Å²) >= 11 is 5.95. The van der Waals surface area contributed by atoms with Crippen molar-refractivity contribution in [1.82, 2.24) is 0 Å². The molecule has 2 rings (SSSR count). The molecule has 0 saturated heterocycles. The van der Waals surface area contributed by atoms with E-state index in [4.69, 9.17) is 16.3 Å². The summed E-state index contributed by atoms with van der Waals surface area (Å²) in [4.78, 5) is 25.0. The lowest BCUT2D eigenvalue weighted by Gasteiger charge is -2.37. The van der Waals surface area contributed by atoms with Gasteiger partial charge in [0.15, 0.2) is 5.41 Å². The molecule has 1 fully saturated rings. The van der Waals surface area contributed by atoms with E-state index in [1.807, 2.05) is 0 Å². The van der Waals surface area contributed by atoms with Crippen LogP contribution >= 0.6 is 11.6 Å². The maximum Gasteiger partial charge on any atom is 0.331 e. The molecule has 1 aromatic carbocycles. The van der Waals surface area contributed by atoms with Crippen molar-refractivity contribution >= 4 is 23.4 Å². The van der Waals surface area contributed by atoms with E-state index in [1.54, 1.807) is 45.0 Å². The summed E-state index contributed by atoms with van der Waals surface area (Å²) in [7, 11) is 0. The van der Waals surface area contributed by atoms with Gasteiger partial charge in [-0.3, -0.25) is 4.79 Å². The Morgan fingerprint density at radius 3 is 2.42 bits per heavy atom. The Morgan fingerprint density at radius 2 is 1.92 bits per heavy atom. The number of nitriles is 1. The van der Waals surface area contributed by atoms with E-state index in [9.17, 15) is 14.9 Å². The molecule has 0 spiro atoms. The monoisotopic (exact) mass is 347 g/mol. The van der Waals surface area contributed by atoms with Crippen LogP contribution in [0.25, 0.3) is 0 Å². The maximum atomic E-state index is 13.0. The molecule has 1 aliphatic carbocycles. The summed E-state index contributed by atoms with van der Waals surface area (Å²) in [5.41, 5.74) is -1.68. The zero-order chi connectivity index (χ0) is 18.0. The summed E-state index contributed by atoms with van der Waals surface area (Å²) in [5, 5.41) is 10.5. The molecule has 24 heavy (non-hydrogen) atoms. The van der Waals surface area contributed by atoms with Gasteiger partial charge in [0, 0.05) is 17.9 Å². The van der Waals surface area contributed by atoms with Gasteiger partial charge in [-0.15, -0.1) is 0 Å². The van der Waals surface area contributed by atoms with Gasteiger partial charge in [0.2, 0.25) is 0 Å². The quantitative estimate of drug-likeness (QED) is 0.768. The first-order chi connectivity index (χ1) is 11.2. The average Bonchev–Trinajstić information content (AvgIpc) is 2.48. The van der Waals surface area contributed by atoms with Crippen molar-refractivity contribution in [2.24, 2.45) is 5.92 Å². The van der Waals surface area contributed by atoms with Crippen molar-refractivity contribution < 1.29 is 14.3 Å². The van der Waals surface area contributed by atoms with Crippen LogP contribution in [0, 0.1) is 17.2 Å². The topological polar surface area (TPSA) is 67.2 Å². The standard InChI is InChI=1S/C19H22ClNO3/c1-18(2,3)24-17(23)19(12-21,13-7-9-15(20)10-8-13)14-5-4-6-16(22)11-14/h7-10,14H,4-6,11H2,1-3H3. The number of benzene rings is 1. The number of esters is 1. The number of hydrogen-bond donors (Lipinski definition) is 0. The van der Waals surface area contributed by atoms with E-state index in [1.165, 1.54) is 0 Å². The van der Waals surface area contributed by atoms with E-state index in [2.05, 4.69) is 6.07 Å². The van der Waals surface area contributed by atoms with E-state index >= 15 is 0 Å². The van der Waals surface area contributed by atoms with Crippen molar-refractivity contribution in [3.63, 3.8) is 0 Å². The fraction of sp³-hybridized carbons (Fsp3) is 0.526. The molecule has 0 radical (unpaired) electrons. The first kappa shape index (κ1) is 18.5. The minimum Gasteiger partial charge on any atom is -0.459 e. The Hall–Kier alpha value is -1.86. The Balaban J connectivity index is 2.53. The minimum absolute atomic E-state index is 0.0865. The highest BCUT2D eigenvalue weighted by Gasteiger charge is 2.51.